The maximum atomic E-state index is 5.00. The van der Waals surface area contributed by atoms with Crippen LogP contribution in [0.15, 0.2) is 140 Å². The van der Waals surface area contributed by atoms with Gasteiger partial charge in [-0.15, -0.1) is 11.3 Å². The highest BCUT2D eigenvalue weighted by molar-refractivity contribution is 7.21. The zero-order valence-electron chi connectivity index (χ0n) is 25.9. The molecule has 5 aromatic carbocycles. The molecule has 0 aliphatic carbocycles. The Morgan fingerprint density at radius 2 is 0.957 bits per heavy atom. The van der Waals surface area contributed by atoms with Crippen LogP contribution in [-0.4, -0.2) is 24.9 Å². The molecule has 0 spiro atoms. The van der Waals surface area contributed by atoms with Crippen LogP contribution in [0.4, 0.5) is 0 Å². The third-order valence-corrected chi connectivity index (χ3v) is 9.28. The predicted octanol–water partition coefficient (Wildman–Crippen LogP) is 10.5. The van der Waals surface area contributed by atoms with Crippen molar-refractivity contribution in [3.8, 4) is 67.0 Å². The van der Waals surface area contributed by atoms with Gasteiger partial charge in [-0.2, -0.15) is 0 Å². The highest BCUT2D eigenvalue weighted by Crippen LogP contribution is 2.39. The summed E-state index contributed by atoms with van der Waals surface area (Å²) in [6.07, 6.45) is 0. The second-order valence-electron chi connectivity index (χ2n) is 11.5. The van der Waals surface area contributed by atoms with E-state index in [0.717, 1.165) is 71.1 Å². The average Bonchev–Trinajstić information content (AvgIpc) is 3.56. The highest BCUT2D eigenvalue weighted by atomic mass is 32.1. The molecular weight excluding hydrogens is 595 g/mol. The Morgan fingerprint density at radius 1 is 0.404 bits per heavy atom. The second kappa shape index (κ2) is 12.2. The molecule has 3 aromatic heterocycles. The summed E-state index contributed by atoms with van der Waals surface area (Å²) in [5.41, 5.74) is 11.2. The van der Waals surface area contributed by atoms with Gasteiger partial charge in [-0.1, -0.05) is 115 Å². The van der Waals surface area contributed by atoms with Crippen molar-refractivity contribution >= 4 is 21.6 Å². The molecule has 0 bridgehead atoms. The van der Waals surface area contributed by atoms with Crippen LogP contribution in [0.2, 0.25) is 0 Å². The third kappa shape index (κ3) is 5.71. The Labute approximate surface area is 277 Å². The Hall–Kier alpha value is -5.85. The molecule has 0 amide bonds. The molecule has 8 aromatic rings. The van der Waals surface area contributed by atoms with E-state index >= 15 is 0 Å². The van der Waals surface area contributed by atoms with Gasteiger partial charge in [0.15, 0.2) is 17.5 Å². The summed E-state index contributed by atoms with van der Waals surface area (Å²) in [6.45, 7) is 4.10. The SMILES string of the molecule is Cc1ccc(-c2cc(-c3nc(-c4ccccc4)nc(-c4ccccc4)n3)ccc2-c2ccc3nc(-c4ccccc4)sc3c2)c(C)n1. The average molecular weight is 624 g/mol. The third-order valence-electron chi connectivity index (χ3n) is 8.21. The van der Waals surface area contributed by atoms with E-state index in [-0.39, 0.29) is 0 Å². The quantitative estimate of drug-likeness (QED) is 0.184. The summed E-state index contributed by atoms with van der Waals surface area (Å²) < 4.78 is 1.15. The minimum absolute atomic E-state index is 0.619. The lowest BCUT2D eigenvalue weighted by molar-refractivity contribution is 1.07. The molecule has 0 radical (unpaired) electrons. The van der Waals surface area contributed by atoms with Crippen molar-refractivity contribution < 1.29 is 0 Å². The number of nitrogens with zero attached hydrogens (tertiary/aromatic N) is 5. The van der Waals surface area contributed by atoms with Gasteiger partial charge in [-0.25, -0.2) is 19.9 Å². The fourth-order valence-corrected chi connectivity index (χ4v) is 6.87. The summed E-state index contributed by atoms with van der Waals surface area (Å²) in [6, 6.07) is 47.7. The largest absolute Gasteiger partial charge is 0.258 e. The molecule has 0 saturated heterocycles. The molecule has 8 rings (SSSR count). The number of thiazole rings is 1. The summed E-state index contributed by atoms with van der Waals surface area (Å²) >= 11 is 1.71. The van der Waals surface area contributed by atoms with E-state index in [1.54, 1.807) is 11.3 Å². The number of pyridine rings is 1. The van der Waals surface area contributed by atoms with Gasteiger partial charge in [0.1, 0.15) is 5.01 Å². The van der Waals surface area contributed by atoms with Crippen LogP contribution in [0.5, 0.6) is 0 Å². The number of benzene rings is 5. The Bertz CT molecular complexity index is 2310. The van der Waals surface area contributed by atoms with Crippen LogP contribution in [0.3, 0.4) is 0 Å². The number of aryl methyl sites for hydroxylation is 2. The molecule has 224 valence electrons. The van der Waals surface area contributed by atoms with Crippen molar-refractivity contribution in [2.75, 3.05) is 0 Å². The van der Waals surface area contributed by atoms with Crippen molar-refractivity contribution in [1.29, 1.82) is 0 Å². The molecule has 0 saturated carbocycles. The van der Waals surface area contributed by atoms with Crippen molar-refractivity contribution in [3.05, 3.63) is 151 Å². The Morgan fingerprint density at radius 3 is 1.57 bits per heavy atom. The van der Waals surface area contributed by atoms with Crippen LogP contribution in [0.1, 0.15) is 11.4 Å². The lowest BCUT2D eigenvalue weighted by atomic mass is 9.91. The number of hydrogen-bond donors (Lipinski definition) is 0. The van der Waals surface area contributed by atoms with E-state index in [1.165, 1.54) is 0 Å². The number of rotatable bonds is 6. The molecule has 0 aliphatic rings. The van der Waals surface area contributed by atoms with Crippen molar-refractivity contribution in [3.63, 3.8) is 0 Å². The van der Waals surface area contributed by atoms with Gasteiger partial charge in [0.25, 0.3) is 0 Å². The Balaban J connectivity index is 1.30. The van der Waals surface area contributed by atoms with E-state index < -0.39 is 0 Å². The maximum absolute atomic E-state index is 5.00. The summed E-state index contributed by atoms with van der Waals surface area (Å²) in [7, 11) is 0. The first-order chi connectivity index (χ1) is 23.1. The van der Waals surface area contributed by atoms with Gasteiger partial charge in [0, 0.05) is 39.2 Å². The number of hydrogen-bond acceptors (Lipinski definition) is 6. The summed E-state index contributed by atoms with van der Waals surface area (Å²) in [4.78, 5) is 24.6. The number of fused-ring (bicyclic) bond motifs is 1. The van der Waals surface area contributed by atoms with Crippen molar-refractivity contribution in [2.45, 2.75) is 13.8 Å². The fraction of sp³-hybridized carbons (Fsp3) is 0.0488. The van der Waals surface area contributed by atoms with Crippen LogP contribution >= 0.6 is 11.3 Å². The highest BCUT2D eigenvalue weighted by Gasteiger charge is 2.17. The smallest absolute Gasteiger partial charge is 0.164 e. The van der Waals surface area contributed by atoms with E-state index in [0.29, 0.717) is 17.5 Å². The van der Waals surface area contributed by atoms with Gasteiger partial charge < -0.3 is 0 Å². The van der Waals surface area contributed by atoms with Gasteiger partial charge in [0.2, 0.25) is 0 Å². The molecule has 6 heteroatoms. The normalized spacial score (nSPS) is 11.2. The van der Waals surface area contributed by atoms with Crippen LogP contribution in [-0.2, 0) is 0 Å². The molecule has 0 fully saturated rings. The lowest BCUT2D eigenvalue weighted by Gasteiger charge is -2.15. The van der Waals surface area contributed by atoms with Gasteiger partial charge in [0.05, 0.1) is 10.2 Å². The molecular formula is C41H29N5S. The zero-order chi connectivity index (χ0) is 31.7. The van der Waals surface area contributed by atoms with Gasteiger partial charge in [-0.3, -0.25) is 4.98 Å². The molecule has 0 atom stereocenters. The first-order valence-corrected chi connectivity index (χ1v) is 16.3. The lowest BCUT2D eigenvalue weighted by Crippen LogP contribution is -2.01. The van der Waals surface area contributed by atoms with Gasteiger partial charge >= 0.3 is 0 Å². The molecule has 5 nitrogen and oxygen atoms in total. The minimum atomic E-state index is 0.619. The molecule has 0 N–H and O–H groups in total. The molecule has 3 heterocycles. The maximum Gasteiger partial charge on any atom is 0.164 e. The van der Waals surface area contributed by atoms with E-state index in [9.17, 15) is 0 Å². The van der Waals surface area contributed by atoms with E-state index in [2.05, 4.69) is 79.7 Å². The molecule has 47 heavy (non-hydrogen) atoms. The first kappa shape index (κ1) is 28.6. The van der Waals surface area contributed by atoms with Crippen molar-refractivity contribution in [1.82, 2.24) is 24.9 Å². The molecule has 0 unspecified atom stereocenters. The topological polar surface area (TPSA) is 64.5 Å². The number of aromatic nitrogens is 5. The Kier molecular flexibility index (Phi) is 7.40. The van der Waals surface area contributed by atoms with Gasteiger partial charge in [-0.05, 0) is 54.8 Å². The minimum Gasteiger partial charge on any atom is -0.258 e. The van der Waals surface area contributed by atoms with Crippen LogP contribution in [0, 0.1) is 13.8 Å². The standard InChI is InChI=1S/C41H29N5S/c1-26-18-21-33(27(2)42-26)35-24-32(40-45-38(28-12-6-3-7-13-28)44-39(46-40)29-14-8-4-9-15-29)19-22-34(35)31-20-23-36-37(25-31)47-41(43-36)30-16-10-5-11-17-30/h3-25H,1-2H3. The monoisotopic (exact) mass is 623 g/mol. The fourth-order valence-electron chi connectivity index (χ4n) is 5.86. The van der Waals surface area contributed by atoms with Crippen LogP contribution < -0.4 is 0 Å². The zero-order valence-corrected chi connectivity index (χ0v) is 26.7. The van der Waals surface area contributed by atoms with E-state index in [4.69, 9.17) is 24.9 Å². The van der Waals surface area contributed by atoms with E-state index in [1.807, 2.05) is 73.7 Å². The second-order valence-corrected chi connectivity index (χ2v) is 12.5. The summed E-state index contributed by atoms with van der Waals surface area (Å²) in [5, 5.41) is 1.02. The van der Waals surface area contributed by atoms with Crippen LogP contribution in [0.25, 0.3) is 77.2 Å². The van der Waals surface area contributed by atoms with Crippen molar-refractivity contribution in [2.24, 2.45) is 0 Å². The summed E-state index contributed by atoms with van der Waals surface area (Å²) in [5.74, 6) is 1.89. The first-order valence-electron chi connectivity index (χ1n) is 15.5. The predicted molar refractivity (Wildman–Crippen MR) is 193 cm³/mol. The molecule has 0 aliphatic heterocycles.